The summed E-state index contributed by atoms with van der Waals surface area (Å²) in [5.74, 6) is 0. The highest BCUT2D eigenvalue weighted by Crippen LogP contribution is 2.18. The van der Waals surface area contributed by atoms with E-state index in [1.165, 1.54) is 0 Å². The van der Waals surface area contributed by atoms with Gasteiger partial charge in [-0.2, -0.15) is 0 Å². The van der Waals surface area contributed by atoms with Crippen LogP contribution in [0, 0.1) is 6.92 Å². The van der Waals surface area contributed by atoms with E-state index >= 15 is 0 Å². The number of H-pyrrole nitrogens is 1. The number of pyridine rings is 2. The molecule has 0 atom stereocenters. The van der Waals surface area contributed by atoms with Gasteiger partial charge in [0.25, 0.3) is 0 Å². The van der Waals surface area contributed by atoms with Crippen LogP contribution in [0.3, 0.4) is 0 Å². The van der Waals surface area contributed by atoms with Gasteiger partial charge in [0.1, 0.15) is 10.8 Å². The number of anilines is 1. The number of aromatic nitrogens is 3. The molecule has 0 spiro atoms. The van der Waals surface area contributed by atoms with Crippen LogP contribution in [0.25, 0.3) is 11.0 Å². The highest BCUT2D eigenvalue weighted by atomic mass is 35.5. The average molecular weight is 273 g/mol. The number of nitrogens with one attached hydrogen (secondary N) is 2. The van der Waals surface area contributed by atoms with Gasteiger partial charge in [-0.3, -0.25) is 0 Å². The third-order valence-corrected chi connectivity index (χ3v) is 3.27. The van der Waals surface area contributed by atoms with Crippen molar-refractivity contribution in [1.29, 1.82) is 0 Å². The number of hydrogen-bond donors (Lipinski definition) is 2. The molecule has 2 N–H and O–H groups in total. The summed E-state index contributed by atoms with van der Waals surface area (Å²) in [7, 11) is 0. The lowest BCUT2D eigenvalue weighted by atomic mass is 10.2. The van der Waals surface area contributed by atoms with Gasteiger partial charge in [-0.05, 0) is 30.7 Å². The second-order valence-corrected chi connectivity index (χ2v) is 4.81. The summed E-state index contributed by atoms with van der Waals surface area (Å²) in [6.07, 6.45) is 5.44. The highest BCUT2D eigenvalue weighted by Gasteiger charge is 2.03. The van der Waals surface area contributed by atoms with Crippen molar-refractivity contribution in [3.05, 3.63) is 53.1 Å². The minimum atomic E-state index is 0.536. The van der Waals surface area contributed by atoms with Crippen LogP contribution >= 0.6 is 11.6 Å². The molecule has 3 aromatic heterocycles. The maximum absolute atomic E-state index is 6.07. The number of aromatic amines is 1. The largest absolute Gasteiger partial charge is 0.380 e. The van der Waals surface area contributed by atoms with Crippen molar-refractivity contribution >= 4 is 28.3 Å². The molecule has 0 bridgehead atoms. The number of halogens is 1. The van der Waals surface area contributed by atoms with Crippen molar-refractivity contribution in [2.45, 2.75) is 13.5 Å². The first-order valence-electron chi connectivity index (χ1n) is 6.00. The van der Waals surface area contributed by atoms with Crippen molar-refractivity contribution in [3.63, 3.8) is 0 Å². The highest BCUT2D eigenvalue weighted by molar-refractivity contribution is 6.30. The van der Waals surface area contributed by atoms with E-state index in [2.05, 4.69) is 26.3 Å². The molecule has 0 radical (unpaired) electrons. The van der Waals surface area contributed by atoms with Crippen molar-refractivity contribution < 1.29 is 0 Å². The van der Waals surface area contributed by atoms with Crippen LogP contribution in [0.1, 0.15) is 11.1 Å². The number of hydrogen-bond acceptors (Lipinski definition) is 3. The van der Waals surface area contributed by atoms with E-state index in [9.17, 15) is 0 Å². The summed E-state index contributed by atoms with van der Waals surface area (Å²) in [5, 5.41) is 4.93. The first kappa shape index (κ1) is 12.0. The number of rotatable bonds is 3. The predicted molar refractivity (Wildman–Crippen MR) is 77.4 cm³/mol. The Labute approximate surface area is 115 Å². The zero-order chi connectivity index (χ0) is 13.2. The summed E-state index contributed by atoms with van der Waals surface area (Å²) in [6.45, 7) is 2.63. The van der Waals surface area contributed by atoms with Gasteiger partial charge in [0.2, 0.25) is 0 Å². The lowest BCUT2D eigenvalue weighted by Crippen LogP contribution is -2.01. The molecule has 3 aromatic rings. The number of fused-ring (bicyclic) bond motifs is 1. The molecule has 0 saturated heterocycles. The van der Waals surface area contributed by atoms with E-state index in [1.807, 2.05) is 25.3 Å². The van der Waals surface area contributed by atoms with Gasteiger partial charge in [-0.25, -0.2) is 9.97 Å². The molecule has 0 aromatic carbocycles. The average Bonchev–Trinajstić information content (AvgIpc) is 2.87. The van der Waals surface area contributed by atoms with Gasteiger partial charge in [-0.1, -0.05) is 11.6 Å². The van der Waals surface area contributed by atoms with Gasteiger partial charge in [0.15, 0.2) is 0 Å². The Balaban J connectivity index is 1.79. The Morgan fingerprint density at radius 3 is 3.05 bits per heavy atom. The standard InChI is InChI=1S/C14H13ClN4/c1-9-4-11(13(15)18-6-9)7-17-12-5-10-2-3-16-14(10)19-8-12/h2-6,8,17H,7H2,1H3,(H,16,19). The van der Waals surface area contributed by atoms with Crippen LogP contribution in [0.5, 0.6) is 0 Å². The monoisotopic (exact) mass is 272 g/mol. The molecular weight excluding hydrogens is 260 g/mol. The summed E-state index contributed by atoms with van der Waals surface area (Å²) in [4.78, 5) is 11.5. The van der Waals surface area contributed by atoms with E-state index in [1.54, 1.807) is 12.4 Å². The Kier molecular flexibility index (Phi) is 3.09. The molecular formula is C14H13ClN4. The number of nitrogens with zero attached hydrogens (tertiary/aromatic N) is 2. The van der Waals surface area contributed by atoms with Crippen molar-refractivity contribution in [2.24, 2.45) is 0 Å². The van der Waals surface area contributed by atoms with Gasteiger partial charge in [-0.15, -0.1) is 0 Å². The zero-order valence-corrected chi connectivity index (χ0v) is 11.2. The van der Waals surface area contributed by atoms with E-state index in [0.29, 0.717) is 11.7 Å². The van der Waals surface area contributed by atoms with Gasteiger partial charge >= 0.3 is 0 Å². The molecule has 3 rings (SSSR count). The molecule has 19 heavy (non-hydrogen) atoms. The maximum atomic E-state index is 6.07. The summed E-state index contributed by atoms with van der Waals surface area (Å²) < 4.78 is 0. The first-order valence-corrected chi connectivity index (χ1v) is 6.38. The van der Waals surface area contributed by atoms with Crippen molar-refractivity contribution in [3.8, 4) is 0 Å². The van der Waals surface area contributed by atoms with Crippen LogP contribution in [-0.4, -0.2) is 15.0 Å². The van der Waals surface area contributed by atoms with Crippen LogP contribution in [0.4, 0.5) is 5.69 Å². The van der Waals surface area contributed by atoms with Gasteiger partial charge in [0.05, 0.1) is 11.9 Å². The van der Waals surface area contributed by atoms with Crippen LogP contribution in [0.2, 0.25) is 5.15 Å². The lowest BCUT2D eigenvalue weighted by molar-refractivity contribution is 1.09. The fraction of sp³-hybridized carbons (Fsp3) is 0.143. The van der Waals surface area contributed by atoms with Crippen molar-refractivity contribution in [1.82, 2.24) is 15.0 Å². The van der Waals surface area contributed by atoms with E-state index in [4.69, 9.17) is 11.6 Å². The third kappa shape index (κ3) is 2.53. The molecule has 0 amide bonds. The normalized spacial score (nSPS) is 10.8. The molecule has 0 aliphatic rings. The SMILES string of the molecule is Cc1cnc(Cl)c(CNc2cnc3[nH]ccc3c2)c1. The topological polar surface area (TPSA) is 53.6 Å². The fourth-order valence-corrected chi connectivity index (χ4v) is 2.14. The van der Waals surface area contributed by atoms with E-state index < -0.39 is 0 Å². The number of aryl methyl sites for hydroxylation is 1. The van der Waals surface area contributed by atoms with Gasteiger partial charge < -0.3 is 10.3 Å². The lowest BCUT2D eigenvalue weighted by Gasteiger charge is -2.08. The maximum Gasteiger partial charge on any atom is 0.137 e. The smallest absolute Gasteiger partial charge is 0.137 e. The summed E-state index contributed by atoms with van der Waals surface area (Å²) >= 11 is 6.07. The molecule has 0 fully saturated rings. The predicted octanol–water partition coefficient (Wildman–Crippen LogP) is 3.53. The van der Waals surface area contributed by atoms with E-state index in [0.717, 1.165) is 27.8 Å². The zero-order valence-electron chi connectivity index (χ0n) is 10.4. The van der Waals surface area contributed by atoms with Crippen LogP contribution < -0.4 is 5.32 Å². The van der Waals surface area contributed by atoms with Gasteiger partial charge in [0, 0.05) is 29.9 Å². The molecule has 3 heterocycles. The third-order valence-electron chi connectivity index (χ3n) is 2.93. The fourth-order valence-electron chi connectivity index (χ4n) is 1.97. The minimum absolute atomic E-state index is 0.536. The van der Waals surface area contributed by atoms with Crippen LogP contribution in [-0.2, 0) is 6.54 Å². The Bertz CT molecular complexity index is 720. The van der Waals surface area contributed by atoms with Crippen LogP contribution in [0.15, 0.2) is 36.8 Å². The Morgan fingerprint density at radius 2 is 2.16 bits per heavy atom. The summed E-state index contributed by atoms with van der Waals surface area (Å²) in [6, 6.07) is 6.08. The molecule has 0 unspecified atom stereocenters. The Hall–Kier alpha value is -2.07. The Morgan fingerprint density at radius 1 is 1.26 bits per heavy atom. The molecule has 4 nitrogen and oxygen atoms in total. The molecule has 0 aliphatic carbocycles. The van der Waals surface area contributed by atoms with Crippen molar-refractivity contribution in [2.75, 3.05) is 5.32 Å². The second-order valence-electron chi connectivity index (χ2n) is 4.46. The first-order chi connectivity index (χ1) is 9.22. The molecule has 96 valence electrons. The minimum Gasteiger partial charge on any atom is -0.380 e. The second kappa shape index (κ2) is 4.90. The van der Waals surface area contributed by atoms with E-state index in [-0.39, 0.29) is 0 Å². The molecule has 5 heteroatoms. The summed E-state index contributed by atoms with van der Waals surface area (Å²) in [5.41, 5.74) is 3.93. The molecule has 0 aliphatic heterocycles. The quantitative estimate of drug-likeness (QED) is 0.717. The molecule has 0 saturated carbocycles.